The molecule has 9 heteroatoms. The van der Waals surface area contributed by atoms with Crippen LogP contribution >= 0.6 is 45.2 Å². The predicted molar refractivity (Wildman–Crippen MR) is 134 cm³/mol. The van der Waals surface area contributed by atoms with Crippen LogP contribution < -0.4 is 16.0 Å². The third-order valence-corrected chi connectivity index (χ3v) is 6.43. The first-order valence-electron chi connectivity index (χ1n) is 9.31. The number of carboxylic acids is 1. The van der Waals surface area contributed by atoms with Gasteiger partial charge in [-0.3, -0.25) is 9.59 Å². The number of H-pyrrole nitrogens is 1. The number of benzene rings is 2. The fourth-order valence-electron chi connectivity index (χ4n) is 3.10. The maximum Gasteiger partial charge on any atom is 0.320 e. The van der Waals surface area contributed by atoms with Crippen molar-refractivity contribution in [1.82, 2.24) is 4.98 Å². The van der Waals surface area contributed by atoms with Gasteiger partial charge >= 0.3 is 5.97 Å². The van der Waals surface area contributed by atoms with Crippen molar-refractivity contribution in [3.63, 3.8) is 0 Å². The second kappa shape index (κ2) is 10.0. The van der Waals surface area contributed by atoms with Gasteiger partial charge < -0.3 is 25.7 Å². The molecule has 1 heterocycles. The van der Waals surface area contributed by atoms with Gasteiger partial charge in [-0.05, 0) is 93.1 Å². The molecule has 0 aliphatic carbocycles. The lowest BCUT2D eigenvalue weighted by Gasteiger charge is -2.17. The van der Waals surface area contributed by atoms with E-state index in [1.54, 1.807) is 30.5 Å². The molecule has 2 aromatic carbocycles. The number of aromatic amines is 1. The standard InChI is InChI=1S/C22H20I2N2O5/c1-11(13-2-5-20(28)26-10-13)15-9-14(3-4-19(15)27)31-21-16(23)6-12(7-17(21)24)8-18(25)22(29)30/h2-7,9-11,18,27H,8,25H2,1H3,(H,26,28)(H,29,30)/t11?,18-/m1/s1. The van der Waals surface area contributed by atoms with Crippen molar-refractivity contribution in [3.05, 3.63) is 82.8 Å². The van der Waals surface area contributed by atoms with E-state index < -0.39 is 12.0 Å². The van der Waals surface area contributed by atoms with Gasteiger partial charge in [0, 0.05) is 23.7 Å². The molecule has 1 unspecified atom stereocenters. The lowest BCUT2D eigenvalue weighted by atomic mass is 9.93. The molecule has 1 aromatic heterocycles. The van der Waals surface area contributed by atoms with Gasteiger partial charge in [0.15, 0.2) is 5.75 Å². The summed E-state index contributed by atoms with van der Waals surface area (Å²) in [5, 5.41) is 19.4. The average molecular weight is 646 g/mol. The summed E-state index contributed by atoms with van der Waals surface area (Å²) >= 11 is 4.28. The molecule has 0 fully saturated rings. The van der Waals surface area contributed by atoms with Gasteiger partial charge in [0.05, 0.1) is 7.14 Å². The molecule has 7 nitrogen and oxygen atoms in total. The lowest BCUT2D eigenvalue weighted by Crippen LogP contribution is -2.32. The Bertz CT molecular complexity index is 1140. The van der Waals surface area contributed by atoms with Crippen molar-refractivity contribution in [2.75, 3.05) is 0 Å². The molecule has 0 amide bonds. The molecule has 0 aliphatic heterocycles. The normalized spacial score (nSPS) is 12.9. The van der Waals surface area contributed by atoms with Crippen molar-refractivity contribution < 1.29 is 19.7 Å². The van der Waals surface area contributed by atoms with E-state index in [0.717, 1.165) is 18.3 Å². The first-order chi connectivity index (χ1) is 14.7. The number of pyridine rings is 1. The number of phenols is 1. The highest BCUT2D eigenvalue weighted by Gasteiger charge is 2.18. The number of halogens is 2. The van der Waals surface area contributed by atoms with Crippen molar-refractivity contribution >= 4 is 51.2 Å². The highest BCUT2D eigenvalue weighted by Crippen LogP contribution is 2.37. The Morgan fingerprint density at radius 3 is 2.42 bits per heavy atom. The molecule has 3 rings (SSSR count). The number of aromatic hydroxyl groups is 1. The maximum absolute atomic E-state index is 11.3. The Hall–Kier alpha value is -2.12. The van der Waals surface area contributed by atoms with Gasteiger partial charge in [0.1, 0.15) is 17.5 Å². The minimum Gasteiger partial charge on any atom is -0.508 e. The van der Waals surface area contributed by atoms with Gasteiger partial charge in [-0.2, -0.15) is 0 Å². The molecule has 3 aromatic rings. The van der Waals surface area contributed by atoms with Crippen LogP contribution in [0, 0.1) is 7.14 Å². The average Bonchev–Trinajstić information content (AvgIpc) is 2.72. The summed E-state index contributed by atoms with van der Waals surface area (Å²) in [5.74, 6) is 0.113. The fraction of sp³-hybridized carbons (Fsp3) is 0.182. The number of carbonyl (C=O) groups is 1. The summed E-state index contributed by atoms with van der Waals surface area (Å²) in [5.41, 5.74) is 7.80. The molecular weight excluding hydrogens is 626 g/mol. The van der Waals surface area contributed by atoms with Crippen LogP contribution in [0.2, 0.25) is 0 Å². The topological polar surface area (TPSA) is 126 Å². The quantitative estimate of drug-likeness (QED) is 0.286. The SMILES string of the molecule is CC(c1ccc(=O)[nH]c1)c1cc(Oc2c(I)cc(C[C@@H](N)C(=O)O)cc2I)ccc1O. The summed E-state index contributed by atoms with van der Waals surface area (Å²) < 4.78 is 7.76. The molecule has 0 radical (unpaired) electrons. The zero-order chi connectivity index (χ0) is 22.7. The van der Waals surface area contributed by atoms with Crippen LogP contribution in [0.5, 0.6) is 17.2 Å². The number of aromatic nitrogens is 1. The van der Waals surface area contributed by atoms with Crippen LogP contribution in [0.25, 0.3) is 0 Å². The summed E-state index contributed by atoms with van der Waals surface area (Å²) in [6.07, 6.45) is 1.86. The minimum absolute atomic E-state index is 0.133. The van der Waals surface area contributed by atoms with Crippen LogP contribution in [0.15, 0.2) is 53.5 Å². The number of nitrogens with one attached hydrogen (secondary N) is 1. The number of hydrogen-bond donors (Lipinski definition) is 4. The van der Waals surface area contributed by atoms with Crippen molar-refractivity contribution in [2.24, 2.45) is 5.73 Å². The first-order valence-corrected chi connectivity index (χ1v) is 11.5. The van der Waals surface area contributed by atoms with E-state index in [0.29, 0.717) is 17.1 Å². The molecule has 0 saturated heterocycles. The van der Waals surface area contributed by atoms with Crippen LogP contribution in [0.3, 0.4) is 0 Å². The molecule has 0 spiro atoms. The molecule has 0 saturated carbocycles. The number of hydrogen-bond acceptors (Lipinski definition) is 5. The van der Waals surface area contributed by atoms with E-state index >= 15 is 0 Å². The van der Waals surface area contributed by atoms with Crippen LogP contribution in [0.1, 0.15) is 29.5 Å². The zero-order valence-electron chi connectivity index (χ0n) is 16.4. The van der Waals surface area contributed by atoms with Gasteiger partial charge in [0.2, 0.25) is 5.56 Å². The number of rotatable bonds is 7. The van der Waals surface area contributed by atoms with Crippen LogP contribution in [-0.4, -0.2) is 27.2 Å². The maximum atomic E-state index is 11.3. The van der Waals surface area contributed by atoms with E-state index in [1.807, 2.05) is 19.1 Å². The summed E-state index contributed by atoms with van der Waals surface area (Å²) in [4.78, 5) is 25.0. The number of carboxylic acid groups (broad SMARTS) is 1. The Morgan fingerprint density at radius 1 is 1.16 bits per heavy atom. The van der Waals surface area contributed by atoms with E-state index in [2.05, 4.69) is 50.2 Å². The highest BCUT2D eigenvalue weighted by molar-refractivity contribution is 14.1. The van der Waals surface area contributed by atoms with Crippen LogP contribution in [0.4, 0.5) is 0 Å². The first kappa shape index (κ1) is 23.5. The minimum atomic E-state index is -1.04. The van der Waals surface area contributed by atoms with Gasteiger partial charge in [-0.15, -0.1) is 0 Å². The van der Waals surface area contributed by atoms with Crippen molar-refractivity contribution in [2.45, 2.75) is 25.3 Å². The lowest BCUT2D eigenvalue weighted by molar-refractivity contribution is -0.138. The third-order valence-electron chi connectivity index (χ3n) is 4.82. The number of ether oxygens (including phenoxy) is 1. The summed E-state index contributed by atoms with van der Waals surface area (Å²) in [6.45, 7) is 1.93. The van der Waals surface area contributed by atoms with Gasteiger partial charge in [-0.1, -0.05) is 13.0 Å². The molecule has 162 valence electrons. The molecule has 5 N–H and O–H groups in total. The molecule has 2 atom stereocenters. The third kappa shape index (κ3) is 5.77. The Balaban J connectivity index is 1.88. The summed E-state index contributed by atoms with van der Waals surface area (Å²) in [7, 11) is 0. The van der Waals surface area contributed by atoms with E-state index in [4.69, 9.17) is 15.6 Å². The highest BCUT2D eigenvalue weighted by atomic mass is 127. The second-order valence-electron chi connectivity index (χ2n) is 7.07. The molecule has 31 heavy (non-hydrogen) atoms. The van der Waals surface area contributed by atoms with Gasteiger partial charge in [-0.25, -0.2) is 0 Å². The Morgan fingerprint density at radius 2 is 1.84 bits per heavy atom. The van der Waals surface area contributed by atoms with E-state index in [-0.39, 0.29) is 23.6 Å². The van der Waals surface area contributed by atoms with E-state index in [1.165, 1.54) is 6.07 Å². The number of nitrogens with two attached hydrogens (primary N) is 1. The zero-order valence-corrected chi connectivity index (χ0v) is 20.7. The van der Waals surface area contributed by atoms with Gasteiger partial charge in [0.25, 0.3) is 0 Å². The Labute approximate surface area is 205 Å². The van der Waals surface area contributed by atoms with Crippen molar-refractivity contribution in [1.29, 1.82) is 0 Å². The largest absolute Gasteiger partial charge is 0.508 e. The molecule has 0 aliphatic rings. The fourth-order valence-corrected chi connectivity index (χ4v) is 5.22. The van der Waals surface area contributed by atoms with Crippen LogP contribution in [-0.2, 0) is 11.2 Å². The summed E-state index contributed by atoms with van der Waals surface area (Å²) in [6, 6.07) is 10.9. The van der Waals surface area contributed by atoms with E-state index in [9.17, 15) is 14.7 Å². The predicted octanol–water partition coefficient (Wildman–Crippen LogP) is 4.19. The molecular formula is C22H20I2N2O5. The number of phenolic OH excluding ortho intramolecular Hbond substituents is 1. The Kier molecular flexibility index (Phi) is 7.59. The van der Waals surface area contributed by atoms with Crippen molar-refractivity contribution in [3.8, 4) is 17.2 Å². The number of aliphatic carboxylic acids is 1. The monoisotopic (exact) mass is 646 g/mol. The smallest absolute Gasteiger partial charge is 0.320 e. The molecule has 0 bridgehead atoms. The second-order valence-corrected chi connectivity index (χ2v) is 9.39.